The average molecular weight is 538 g/mol. The van der Waals surface area contributed by atoms with Crippen molar-refractivity contribution in [2.24, 2.45) is 5.92 Å². The SMILES string of the molecule is CCCCOc1c(-c2ncc(Cc3ccc(F)cc3)s2)nc2n(CC(=O)N3CCC(C)CC3)ccn2c1=O. The number of halogens is 1. The summed E-state index contributed by atoms with van der Waals surface area (Å²) in [6, 6.07) is 6.37. The lowest BCUT2D eigenvalue weighted by molar-refractivity contribution is -0.133. The fraction of sp³-hybridized carbons (Fsp3) is 0.429. The third kappa shape index (κ3) is 5.65. The summed E-state index contributed by atoms with van der Waals surface area (Å²) in [7, 11) is 0. The second-order valence-electron chi connectivity index (χ2n) is 9.89. The highest BCUT2D eigenvalue weighted by Gasteiger charge is 2.24. The molecule has 200 valence electrons. The number of thiazole rings is 1. The summed E-state index contributed by atoms with van der Waals surface area (Å²) < 4.78 is 22.4. The highest BCUT2D eigenvalue weighted by atomic mass is 32.1. The molecule has 1 amide bonds. The number of rotatable bonds is 9. The van der Waals surface area contributed by atoms with E-state index in [9.17, 15) is 14.0 Å². The van der Waals surface area contributed by atoms with Crippen molar-refractivity contribution < 1.29 is 13.9 Å². The lowest BCUT2D eigenvalue weighted by Crippen LogP contribution is -2.39. The van der Waals surface area contributed by atoms with Gasteiger partial charge in [0.15, 0.2) is 5.69 Å². The largest absolute Gasteiger partial charge is 0.486 e. The Morgan fingerprint density at radius 1 is 1.18 bits per heavy atom. The van der Waals surface area contributed by atoms with Crippen LogP contribution in [0.25, 0.3) is 16.5 Å². The van der Waals surface area contributed by atoms with Crippen LogP contribution in [0.15, 0.2) is 47.7 Å². The monoisotopic (exact) mass is 537 g/mol. The Morgan fingerprint density at radius 3 is 2.68 bits per heavy atom. The van der Waals surface area contributed by atoms with Crippen LogP contribution < -0.4 is 10.3 Å². The zero-order valence-electron chi connectivity index (χ0n) is 21.7. The molecule has 3 aromatic heterocycles. The second kappa shape index (κ2) is 11.5. The fourth-order valence-electron chi connectivity index (χ4n) is 4.58. The number of likely N-dealkylation sites (tertiary alicyclic amines) is 1. The number of nitrogens with zero attached hydrogens (tertiary/aromatic N) is 5. The predicted octanol–water partition coefficient (Wildman–Crippen LogP) is 4.79. The van der Waals surface area contributed by atoms with Crippen LogP contribution in [-0.2, 0) is 17.8 Å². The summed E-state index contributed by atoms with van der Waals surface area (Å²) in [6.07, 6.45) is 9.43. The lowest BCUT2D eigenvalue weighted by atomic mass is 9.99. The third-order valence-corrected chi connectivity index (χ3v) is 7.95. The maximum Gasteiger partial charge on any atom is 0.302 e. The third-order valence-electron chi connectivity index (χ3n) is 6.94. The van der Waals surface area contributed by atoms with Gasteiger partial charge in [0.25, 0.3) is 0 Å². The normalized spacial score (nSPS) is 14.3. The minimum atomic E-state index is -0.325. The number of aromatic nitrogens is 4. The molecule has 0 radical (unpaired) electrons. The number of benzene rings is 1. The highest BCUT2D eigenvalue weighted by Crippen LogP contribution is 2.31. The summed E-state index contributed by atoms with van der Waals surface area (Å²) in [4.78, 5) is 38.8. The Morgan fingerprint density at radius 2 is 1.95 bits per heavy atom. The molecular formula is C28H32FN5O3S. The number of hydrogen-bond donors (Lipinski definition) is 0. The molecule has 1 aliphatic heterocycles. The molecule has 1 aromatic carbocycles. The Kier molecular flexibility index (Phi) is 7.87. The van der Waals surface area contributed by atoms with E-state index in [0.29, 0.717) is 35.4 Å². The van der Waals surface area contributed by atoms with Gasteiger partial charge in [-0.2, -0.15) is 0 Å². The van der Waals surface area contributed by atoms with Gasteiger partial charge < -0.3 is 14.2 Å². The Bertz CT molecular complexity index is 1470. The molecule has 4 heterocycles. The number of fused-ring (bicyclic) bond motifs is 1. The average Bonchev–Trinajstić information content (AvgIpc) is 3.54. The first-order valence-electron chi connectivity index (χ1n) is 13.1. The van der Waals surface area contributed by atoms with E-state index in [0.717, 1.165) is 49.2 Å². The molecule has 5 rings (SSSR count). The number of unbranched alkanes of at least 4 members (excludes halogenated alkanes) is 1. The molecule has 0 unspecified atom stereocenters. The highest BCUT2D eigenvalue weighted by molar-refractivity contribution is 7.15. The van der Waals surface area contributed by atoms with Crippen molar-refractivity contribution >= 4 is 23.0 Å². The number of ether oxygens (including phenoxy) is 1. The van der Waals surface area contributed by atoms with Crippen molar-refractivity contribution in [1.82, 2.24) is 23.8 Å². The fourth-order valence-corrected chi connectivity index (χ4v) is 5.51. The van der Waals surface area contributed by atoms with E-state index in [1.807, 2.05) is 4.90 Å². The van der Waals surface area contributed by atoms with Crippen LogP contribution in [-0.4, -0.2) is 49.4 Å². The summed E-state index contributed by atoms with van der Waals surface area (Å²) in [6.45, 7) is 6.28. The van der Waals surface area contributed by atoms with Crippen molar-refractivity contribution in [3.05, 3.63) is 69.5 Å². The minimum Gasteiger partial charge on any atom is -0.486 e. The zero-order chi connectivity index (χ0) is 26.6. The van der Waals surface area contributed by atoms with Gasteiger partial charge in [-0.05, 0) is 42.9 Å². The van der Waals surface area contributed by atoms with Crippen LogP contribution in [0.3, 0.4) is 0 Å². The van der Waals surface area contributed by atoms with Crippen LogP contribution in [0.4, 0.5) is 4.39 Å². The summed E-state index contributed by atoms with van der Waals surface area (Å²) in [5, 5.41) is 0.567. The molecule has 1 saturated heterocycles. The van der Waals surface area contributed by atoms with E-state index in [2.05, 4.69) is 18.8 Å². The first-order chi connectivity index (χ1) is 18.4. The molecule has 38 heavy (non-hydrogen) atoms. The van der Waals surface area contributed by atoms with Crippen LogP contribution in [0.5, 0.6) is 5.75 Å². The second-order valence-corrected chi connectivity index (χ2v) is 11.0. The number of carbonyl (C=O) groups excluding carboxylic acids is 1. The Hall–Kier alpha value is -3.53. The predicted molar refractivity (Wildman–Crippen MR) is 145 cm³/mol. The van der Waals surface area contributed by atoms with E-state index in [-0.39, 0.29) is 29.6 Å². The van der Waals surface area contributed by atoms with Gasteiger partial charge in [-0.25, -0.2) is 18.8 Å². The van der Waals surface area contributed by atoms with Gasteiger partial charge in [0.1, 0.15) is 17.4 Å². The van der Waals surface area contributed by atoms with Gasteiger partial charge >= 0.3 is 5.56 Å². The van der Waals surface area contributed by atoms with Gasteiger partial charge in [0, 0.05) is 43.0 Å². The number of amides is 1. The van der Waals surface area contributed by atoms with Gasteiger partial charge in [-0.1, -0.05) is 32.4 Å². The molecule has 1 fully saturated rings. The summed E-state index contributed by atoms with van der Waals surface area (Å²) >= 11 is 1.42. The molecule has 10 heteroatoms. The molecule has 0 atom stereocenters. The molecule has 0 saturated carbocycles. The number of piperidine rings is 1. The Balaban J connectivity index is 1.47. The molecule has 8 nitrogen and oxygen atoms in total. The molecule has 0 N–H and O–H groups in total. The van der Waals surface area contributed by atoms with E-state index in [4.69, 9.17) is 9.72 Å². The molecule has 0 bridgehead atoms. The molecule has 0 aliphatic carbocycles. The van der Waals surface area contributed by atoms with Crippen molar-refractivity contribution in [2.75, 3.05) is 19.7 Å². The first kappa shape index (κ1) is 26.1. The van der Waals surface area contributed by atoms with E-state index in [1.54, 1.807) is 35.3 Å². The van der Waals surface area contributed by atoms with E-state index < -0.39 is 0 Å². The topological polar surface area (TPSA) is 81.7 Å². The standard InChI is InChI=1S/C28H32FN5O3S/c1-3-4-15-37-25-24(26-30-17-22(38-26)16-20-5-7-21(29)8-6-20)31-28-33(13-14-34(28)27(25)36)18-23(35)32-11-9-19(2)10-12-32/h5-8,13-14,17,19H,3-4,9-12,15-16,18H2,1-2H3. The van der Waals surface area contributed by atoms with E-state index in [1.165, 1.54) is 27.9 Å². The smallest absolute Gasteiger partial charge is 0.302 e. The van der Waals surface area contributed by atoms with E-state index >= 15 is 0 Å². The van der Waals surface area contributed by atoms with Crippen LogP contribution in [0.1, 0.15) is 50.0 Å². The first-order valence-corrected chi connectivity index (χ1v) is 14.0. The number of imidazole rings is 1. The zero-order valence-corrected chi connectivity index (χ0v) is 22.5. The Labute approximate surface area is 224 Å². The quantitative estimate of drug-likeness (QED) is 0.287. The maximum absolute atomic E-state index is 13.5. The number of carbonyl (C=O) groups is 1. The van der Waals surface area contributed by atoms with Gasteiger partial charge in [0.05, 0.1) is 6.61 Å². The van der Waals surface area contributed by atoms with Gasteiger partial charge in [0.2, 0.25) is 17.4 Å². The summed E-state index contributed by atoms with van der Waals surface area (Å²) in [5.74, 6) is 0.910. The van der Waals surface area contributed by atoms with Crippen LogP contribution in [0.2, 0.25) is 0 Å². The maximum atomic E-state index is 13.5. The van der Waals surface area contributed by atoms with Crippen molar-refractivity contribution in [3.8, 4) is 16.5 Å². The molecule has 0 spiro atoms. The van der Waals surface area contributed by atoms with Gasteiger partial charge in [-0.3, -0.25) is 9.59 Å². The van der Waals surface area contributed by atoms with Gasteiger partial charge in [-0.15, -0.1) is 11.3 Å². The summed E-state index contributed by atoms with van der Waals surface area (Å²) in [5.41, 5.74) is 1.01. The van der Waals surface area contributed by atoms with Crippen molar-refractivity contribution in [3.63, 3.8) is 0 Å². The lowest BCUT2D eigenvalue weighted by Gasteiger charge is -2.30. The van der Waals surface area contributed by atoms with Crippen molar-refractivity contribution in [2.45, 2.75) is 52.5 Å². The molecule has 1 aliphatic rings. The van der Waals surface area contributed by atoms with Crippen LogP contribution >= 0.6 is 11.3 Å². The van der Waals surface area contributed by atoms with Crippen LogP contribution in [0, 0.1) is 11.7 Å². The molecule has 4 aromatic rings. The van der Waals surface area contributed by atoms with Crippen molar-refractivity contribution in [1.29, 1.82) is 0 Å². The number of hydrogen-bond acceptors (Lipinski definition) is 6. The molecular weight excluding hydrogens is 505 g/mol. The minimum absolute atomic E-state index is 0.0184.